The fourth-order valence-electron chi connectivity index (χ4n) is 5.10. The predicted molar refractivity (Wildman–Crippen MR) is 160 cm³/mol. The summed E-state index contributed by atoms with van der Waals surface area (Å²) in [5, 5.41) is 9.85. The van der Waals surface area contributed by atoms with Gasteiger partial charge in [0.15, 0.2) is 11.0 Å². The van der Waals surface area contributed by atoms with E-state index < -0.39 is 5.82 Å². The monoisotopic (exact) mass is 571 g/mol. The highest BCUT2D eigenvalue weighted by Crippen LogP contribution is 2.30. The molecule has 3 aromatic carbocycles. The van der Waals surface area contributed by atoms with Gasteiger partial charge in [0.1, 0.15) is 5.82 Å². The summed E-state index contributed by atoms with van der Waals surface area (Å²) in [6, 6.07) is 22.3. The molecular weight excluding hydrogens is 537 g/mol. The number of hydrogen-bond acceptors (Lipinski definition) is 5. The third kappa shape index (κ3) is 6.35. The number of halogens is 1. The molecule has 1 aromatic heterocycles. The number of amides is 2. The van der Waals surface area contributed by atoms with Crippen molar-refractivity contribution in [2.24, 2.45) is 0 Å². The minimum absolute atomic E-state index is 0.0659. The van der Waals surface area contributed by atoms with E-state index in [4.69, 9.17) is 0 Å². The first-order chi connectivity index (χ1) is 19.8. The predicted octanol–water partition coefficient (Wildman–Crippen LogP) is 5.94. The zero-order chi connectivity index (χ0) is 28.9. The van der Waals surface area contributed by atoms with E-state index in [0.717, 1.165) is 27.8 Å². The van der Waals surface area contributed by atoms with Crippen LogP contribution in [0, 0.1) is 19.7 Å². The lowest BCUT2D eigenvalue weighted by Gasteiger charge is -2.40. The molecule has 7 nitrogen and oxygen atoms in total. The van der Waals surface area contributed by atoms with E-state index in [1.54, 1.807) is 28.8 Å². The maximum Gasteiger partial charge on any atom is 0.257 e. The van der Waals surface area contributed by atoms with Crippen LogP contribution in [0.25, 0.3) is 17.1 Å². The SMILES string of the molecule is Cc1ccc(-c2nnc(SCCCC(=O)N3CCN(C(=O)c4ccccc4F)C(C)C3)n2-c2ccccc2C)cc1. The lowest BCUT2D eigenvalue weighted by Crippen LogP contribution is -2.55. The Labute approximate surface area is 244 Å². The van der Waals surface area contributed by atoms with E-state index in [-0.39, 0.29) is 23.4 Å². The molecule has 1 fully saturated rings. The molecule has 1 atom stereocenters. The number of thioether (sulfide) groups is 1. The third-order valence-electron chi connectivity index (χ3n) is 7.41. The molecule has 1 aliphatic heterocycles. The minimum atomic E-state index is -0.523. The van der Waals surface area contributed by atoms with E-state index >= 15 is 0 Å². The molecule has 1 unspecified atom stereocenters. The number of carbonyl (C=O) groups is 2. The van der Waals surface area contributed by atoms with Crippen molar-refractivity contribution in [2.45, 2.75) is 44.8 Å². The van der Waals surface area contributed by atoms with Crippen molar-refractivity contribution in [1.82, 2.24) is 24.6 Å². The molecule has 0 aliphatic carbocycles. The second-order valence-corrected chi connectivity index (χ2v) is 11.5. The van der Waals surface area contributed by atoms with Crippen LogP contribution in [0.2, 0.25) is 0 Å². The molecule has 0 radical (unpaired) electrons. The molecule has 1 aliphatic rings. The van der Waals surface area contributed by atoms with Gasteiger partial charge in [-0.15, -0.1) is 10.2 Å². The number of piperazine rings is 1. The number of rotatable bonds is 8. The Kier molecular flexibility index (Phi) is 8.83. The summed E-state index contributed by atoms with van der Waals surface area (Å²) in [5.74, 6) is 0.711. The van der Waals surface area contributed by atoms with Gasteiger partial charge >= 0.3 is 0 Å². The standard InChI is InChI=1S/C32H34FN5O2S/c1-22-14-16-25(17-15-22)30-34-35-32(38(30)28-12-7-4-9-23(28)2)41-20-8-13-29(39)36-18-19-37(24(3)21-36)31(40)26-10-5-6-11-27(26)33/h4-7,9-12,14-17,24H,8,13,18-21H2,1-3H3. The fraction of sp³-hybridized carbons (Fsp3) is 0.312. The second-order valence-electron chi connectivity index (χ2n) is 10.4. The van der Waals surface area contributed by atoms with Gasteiger partial charge in [-0.1, -0.05) is 71.9 Å². The van der Waals surface area contributed by atoms with Crippen LogP contribution < -0.4 is 0 Å². The summed E-state index contributed by atoms with van der Waals surface area (Å²) in [6.07, 6.45) is 1.09. The topological polar surface area (TPSA) is 71.3 Å². The van der Waals surface area contributed by atoms with Gasteiger partial charge in [-0.3, -0.25) is 14.2 Å². The molecular formula is C32H34FN5O2S. The Morgan fingerprint density at radius 1 is 0.951 bits per heavy atom. The molecule has 0 saturated carbocycles. The summed E-state index contributed by atoms with van der Waals surface area (Å²) in [4.78, 5) is 29.4. The van der Waals surface area contributed by atoms with Crippen LogP contribution in [0.15, 0.2) is 78.0 Å². The summed E-state index contributed by atoms with van der Waals surface area (Å²) in [6.45, 7) is 7.30. The molecule has 41 heavy (non-hydrogen) atoms. The largest absolute Gasteiger partial charge is 0.339 e. The highest BCUT2D eigenvalue weighted by molar-refractivity contribution is 7.99. The second kappa shape index (κ2) is 12.7. The van der Waals surface area contributed by atoms with Crippen molar-refractivity contribution in [1.29, 1.82) is 0 Å². The summed E-state index contributed by atoms with van der Waals surface area (Å²) in [5.41, 5.74) is 4.40. The van der Waals surface area contributed by atoms with Gasteiger partial charge < -0.3 is 9.80 Å². The van der Waals surface area contributed by atoms with Crippen LogP contribution in [0.4, 0.5) is 4.39 Å². The van der Waals surface area contributed by atoms with Gasteiger partial charge in [0.2, 0.25) is 5.91 Å². The van der Waals surface area contributed by atoms with Crippen molar-refractivity contribution in [3.8, 4) is 17.1 Å². The number of benzene rings is 3. The average Bonchev–Trinajstić information content (AvgIpc) is 3.39. The Hall–Kier alpha value is -3.98. The van der Waals surface area contributed by atoms with Crippen molar-refractivity contribution in [3.63, 3.8) is 0 Å². The lowest BCUT2D eigenvalue weighted by atomic mass is 10.1. The average molecular weight is 572 g/mol. The van der Waals surface area contributed by atoms with Crippen LogP contribution >= 0.6 is 11.8 Å². The van der Waals surface area contributed by atoms with Crippen LogP contribution in [0.3, 0.4) is 0 Å². The lowest BCUT2D eigenvalue weighted by molar-refractivity contribution is -0.133. The Balaban J connectivity index is 1.19. The summed E-state index contributed by atoms with van der Waals surface area (Å²) in [7, 11) is 0. The number of hydrogen-bond donors (Lipinski definition) is 0. The van der Waals surface area contributed by atoms with Crippen LogP contribution in [0.1, 0.15) is 41.3 Å². The number of nitrogens with zero attached hydrogens (tertiary/aromatic N) is 5. The number of aryl methyl sites for hydroxylation is 2. The molecule has 9 heteroatoms. The fourth-order valence-corrected chi connectivity index (χ4v) is 5.99. The first-order valence-electron chi connectivity index (χ1n) is 13.9. The van der Waals surface area contributed by atoms with Gasteiger partial charge in [0.25, 0.3) is 5.91 Å². The van der Waals surface area contributed by atoms with Crippen molar-refractivity contribution in [3.05, 3.63) is 95.3 Å². The Morgan fingerprint density at radius 2 is 1.68 bits per heavy atom. The molecule has 1 saturated heterocycles. The normalized spacial score (nSPS) is 15.3. The van der Waals surface area contributed by atoms with E-state index in [2.05, 4.69) is 65.0 Å². The number of aromatic nitrogens is 3. The molecule has 2 heterocycles. The van der Waals surface area contributed by atoms with Gasteiger partial charge in [0.05, 0.1) is 11.3 Å². The number of para-hydroxylation sites is 1. The van der Waals surface area contributed by atoms with Gasteiger partial charge in [-0.05, 0) is 51.0 Å². The van der Waals surface area contributed by atoms with Crippen LogP contribution in [-0.4, -0.2) is 67.8 Å². The maximum absolute atomic E-state index is 14.1. The highest BCUT2D eigenvalue weighted by Gasteiger charge is 2.31. The molecule has 4 aromatic rings. The zero-order valence-electron chi connectivity index (χ0n) is 23.6. The first-order valence-corrected chi connectivity index (χ1v) is 14.9. The quantitative estimate of drug-likeness (QED) is 0.194. The number of carbonyl (C=O) groups excluding carboxylic acids is 2. The highest BCUT2D eigenvalue weighted by atomic mass is 32.2. The molecule has 0 N–H and O–H groups in total. The van der Waals surface area contributed by atoms with Gasteiger partial charge in [-0.25, -0.2) is 4.39 Å². The molecule has 0 bridgehead atoms. The Morgan fingerprint density at radius 3 is 2.41 bits per heavy atom. The Bertz CT molecular complexity index is 1540. The maximum atomic E-state index is 14.1. The summed E-state index contributed by atoms with van der Waals surface area (Å²) >= 11 is 1.59. The zero-order valence-corrected chi connectivity index (χ0v) is 24.4. The first kappa shape index (κ1) is 28.5. The third-order valence-corrected chi connectivity index (χ3v) is 8.43. The van der Waals surface area contributed by atoms with E-state index in [9.17, 15) is 14.0 Å². The van der Waals surface area contributed by atoms with Gasteiger partial charge in [-0.2, -0.15) is 0 Å². The molecule has 212 valence electrons. The van der Waals surface area contributed by atoms with Crippen molar-refractivity contribution in [2.75, 3.05) is 25.4 Å². The summed E-state index contributed by atoms with van der Waals surface area (Å²) < 4.78 is 16.2. The van der Waals surface area contributed by atoms with E-state index in [0.29, 0.717) is 38.2 Å². The van der Waals surface area contributed by atoms with Gasteiger partial charge in [0, 0.05) is 43.4 Å². The van der Waals surface area contributed by atoms with E-state index in [1.807, 2.05) is 24.0 Å². The van der Waals surface area contributed by atoms with Crippen LogP contribution in [-0.2, 0) is 4.79 Å². The molecule has 5 rings (SSSR count). The molecule has 2 amide bonds. The van der Waals surface area contributed by atoms with Crippen LogP contribution in [0.5, 0.6) is 0 Å². The van der Waals surface area contributed by atoms with Crippen molar-refractivity contribution < 1.29 is 14.0 Å². The van der Waals surface area contributed by atoms with E-state index in [1.165, 1.54) is 17.7 Å². The minimum Gasteiger partial charge on any atom is -0.339 e. The van der Waals surface area contributed by atoms with Crippen molar-refractivity contribution >= 4 is 23.6 Å². The molecule has 0 spiro atoms. The smallest absolute Gasteiger partial charge is 0.257 e.